The Morgan fingerprint density at radius 1 is 1.22 bits per heavy atom. The van der Waals surface area contributed by atoms with Crippen LogP contribution in [0.5, 0.6) is 0 Å². The molecule has 5 rings (SSSR count). The van der Waals surface area contributed by atoms with Crippen molar-refractivity contribution in [2.24, 2.45) is 0 Å². The molecule has 1 saturated heterocycles. The molecule has 2 fully saturated rings. The maximum absolute atomic E-state index is 5.87. The molecule has 0 unspecified atom stereocenters. The van der Waals surface area contributed by atoms with E-state index in [0.717, 1.165) is 52.2 Å². The van der Waals surface area contributed by atoms with Gasteiger partial charge in [-0.1, -0.05) is 17.8 Å². The maximum Gasteiger partial charge on any atom is 0.236 e. The van der Waals surface area contributed by atoms with E-state index in [9.17, 15) is 0 Å². The zero-order valence-electron chi connectivity index (χ0n) is 15.4. The van der Waals surface area contributed by atoms with Gasteiger partial charge in [-0.3, -0.25) is 4.57 Å². The summed E-state index contributed by atoms with van der Waals surface area (Å²) in [5.41, 5.74) is 0.994. The largest absolute Gasteiger partial charge is 0.440 e. The molecule has 6 nitrogen and oxygen atoms in total. The predicted octanol–water partition coefficient (Wildman–Crippen LogP) is 4.92. The van der Waals surface area contributed by atoms with Gasteiger partial charge in [-0.15, -0.1) is 21.5 Å². The molecule has 2 aliphatic rings. The molecule has 0 N–H and O–H groups in total. The summed E-state index contributed by atoms with van der Waals surface area (Å²) in [6.07, 6.45) is 6.30. The maximum atomic E-state index is 5.87. The van der Waals surface area contributed by atoms with Crippen molar-refractivity contribution in [2.75, 3.05) is 18.0 Å². The number of aromatic nitrogens is 4. The lowest BCUT2D eigenvalue weighted by Gasteiger charge is -2.27. The van der Waals surface area contributed by atoms with Crippen molar-refractivity contribution >= 4 is 29.0 Å². The second-order valence-corrected chi connectivity index (χ2v) is 9.11. The van der Waals surface area contributed by atoms with Crippen molar-refractivity contribution in [3.8, 4) is 10.8 Å². The third-order valence-corrected chi connectivity index (χ3v) is 6.97. The van der Waals surface area contributed by atoms with Gasteiger partial charge in [0.1, 0.15) is 5.76 Å². The van der Waals surface area contributed by atoms with Gasteiger partial charge in [0, 0.05) is 24.9 Å². The van der Waals surface area contributed by atoms with Crippen LogP contribution in [0.1, 0.15) is 49.6 Å². The van der Waals surface area contributed by atoms with Crippen LogP contribution in [-0.4, -0.2) is 32.8 Å². The van der Waals surface area contributed by atoms with Gasteiger partial charge in [-0.05, 0) is 50.5 Å². The third-order valence-electron chi connectivity index (χ3n) is 5.16. The summed E-state index contributed by atoms with van der Waals surface area (Å²) < 4.78 is 8.24. The molecule has 0 spiro atoms. The van der Waals surface area contributed by atoms with Gasteiger partial charge in [-0.25, -0.2) is 4.98 Å². The van der Waals surface area contributed by atoms with Gasteiger partial charge >= 0.3 is 0 Å². The van der Waals surface area contributed by atoms with Crippen molar-refractivity contribution in [2.45, 2.75) is 56.0 Å². The lowest BCUT2D eigenvalue weighted by atomic mass is 10.1. The van der Waals surface area contributed by atoms with E-state index < -0.39 is 0 Å². The fraction of sp³-hybridized carbons (Fsp3) is 0.526. The molecule has 3 aromatic heterocycles. The van der Waals surface area contributed by atoms with Crippen LogP contribution in [0, 0.1) is 6.92 Å². The van der Waals surface area contributed by atoms with Crippen LogP contribution in [0.25, 0.3) is 10.8 Å². The first kappa shape index (κ1) is 17.3. The fourth-order valence-electron chi connectivity index (χ4n) is 3.53. The molecule has 3 aromatic rings. The summed E-state index contributed by atoms with van der Waals surface area (Å²) in [7, 11) is 0. The summed E-state index contributed by atoms with van der Waals surface area (Å²) in [6, 6.07) is 4.63. The highest BCUT2D eigenvalue weighted by molar-refractivity contribution is 7.98. The van der Waals surface area contributed by atoms with Gasteiger partial charge in [0.25, 0.3) is 0 Å². The second kappa shape index (κ2) is 7.31. The average molecular weight is 402 g/mol. The quantitative estimate of drug-likeness (QED) is 0.546. The van der Waals surface area contributed by atoms with Crippen LogP contribution in [0.4, 0.5) is 5.95 Å². The molecular weight excluding hydrogens is 378 g/mol. The molecule has 0 bridgehead atoms. The molecular formula is C19H23N5OS2. The zero-order chi connectivity index (χ0) is 18.2. The van der Waals surface area contributed by atoms with E-state index >= 15 is 0 Å². The van der Waals surface area contributed by atoms with Crippen LogP contribution in [-0.2, 0) is 5.75 Å². The molecule has 1 aliphatic heterocycles. The molecule has 27 heavy (non-hydrogen) atoms. The minimum Gasteiger partial charge on any atom is -0.440 e. The number of oxazole rings is 1. The predicted molar refractivity (Wildman–Crippen MR) is 108 cm³/mol. The first-order valence-electron chi connectivity index (χ1n) is 9.62. The number of aryl methyl sites for hydroxylation is 1. The monoisotopic (exact) mass is 401 g/mol. The Morgan fingerprint density at radius 2 is 2.07 bits per heavy atom. The first-order valence-corrected chi connectivity index (χ1v) is 11.5. The first-order chi connectivity index (χ1) is 13.3. The van der Waals surface area contributed by atoms with Crippen molar-refractivity contribution in [3.63, 3.8) is 0 Å². The van der Waals surface area contributed by atoms with Crippen LogP contribution >= 0.6 is 23.1 Å². The molecule has 1 aliphatic carbocycles. The van der Waals surface area contributed by atoms with Crippen molar-refractivity contribution < 1.29 is 4.42 Å². The summed E-state index contributed by atoms with van der Waals surface area (Å²) in [5.74, 6) is 3.43. The Morgan fingerprint density at radius 3 is 2.81 bits per heavy atom. The van der Waals surface area contributed by atoms with Crippen molar-refractivity contribution in [1.82, 2.24) is 19.7 Å². The second-order valence-electron chi connectivity index (χ2n) is 7.22. The third kappa shape index (κ3) is 3.52. The number of nitrogens with zero attached hydrogens (tertiary/aromatic N) is 5. The standard InChI is InChI=1S/C19H23N5OS2/c1-13-15(20-17(25-13)16-6-5-11-26-16)12-27-19-22-21-18(24(19)14-7-8-14)23-9-3-2-4-10-23/h5-6,11,14H,2-4,7-10,12H2,1H3. The summed E-state index contributed by atoms with van der Waals surface area (Å²) in [4.78, 5) is 8.19. The molecule has 142 valence electrons. The highest BCUT2D eigenvalue weighted by atomic mass is 32.2. The van der Waals surface area contributed by atoms with Crippen molar-refractivity contribution in [3.05, 3.63) is 29.0 Å². The smallest absolute Gasteiger partial charge is 0.236 e. The topological polar surface area (TPSA) is 60.0 Å². The summed E-state index contributed by atoms with van der Waals surface area (Å²) in [5, 5.41) is 12.1. The van der Waals surface area contributed by atoms with Gasteiger partial charge in [0.05, 0.1) is 10.6 Å². The van der Waals surface area contributed by atoms with Crippen molar-refractivity contribution in [1.29, 1.82) is 0 Å². The lowest BCUT2D eigenvalue weighted by Crippen LogP contribution is -2.31. The molecule has 0 atom stereocenters. The fourth-order valence-corrected chi connectivity index (χ4v) is 5.18. The minimum absolute atomic E-state index is 0.569. The van der Waals surface area contributed by atoms with Crippen LogP contribution in [0.15, 0.2) is 27.1 Å². The highest BCUT2D eigenvalue weighted by Gasteiger charge is 2.32. The Hall–Kier alpha value is -1.80. The Labute approximate surface area is 167 Å². The normalized spacial score (nSPS) is 17.6. The van der Waals surface area contributed by atoms with E-state index in [0.29, 0.717) is 6.04 Å². The SMILES string of the molecule is Cc1oc(-c2cccs2)nc1CSc1nnc(N2CCCCC2)n1C1CC1. The summed E-state index contributed by atoms with van der Waals surface area (Å²) in [6.45, 7) is 4.19. The van der Waals surface area contributed by atoms with E-state index in [4.69, 9.17) is 9.40 Å². The van der Waals surface area contributed by atoms with Gasteiger partial charge in [0.15, 0.2) is 5.16 Å². The number of anilines is 1. The number of hydrogen-bond donors (Lipinski definition) is 0. The molecule has 0 radical (unpaired) electrons. The number of rotatable bonds is 6. The minimum atomic E-state index is 0.569. The van der Waals surface area contributed by atoms with Gasteiger partial charge < -0.3 is 9.32 Å². The van der Waals surface area contributed by atoms with E-state index in [2.05, 4.69) is 19.7 Å². The van der Waals surface area contributed by atoms with E-state index in [1.807, 2.05) is 24.4 Å². The lowest BCUT2D eigenvalue weighted by molar-refractivity contribution is 0.542. The molecule has 8 heteroatoms. The Balaban J connectivity index is 1.35. The van der Waals surface area contributed by atoms with Crippen LogP contribution < -0.4 is 4.90 Å². The summed E-state index contributed by atoms with van der Waals surface area (Å²) >= 11 is 3.37. The zero-order valence-corrected chi connectivity index (χ0v) is 17.1. The van der Waals surface area contributed by atoms with Gasteiger partial charge in [0.2, 0.25) is 11.8 Å². The average Bonchev–Trinajstić information content (AvgIpc) is 3.10. The molecule has 0 amide bonds. The number of piperidine rings is 1. The van der Waals surface area contributed by atoms with Crippen LogP contribution in [0.2, 0.25) is 0 Å². The highest BCUT2D eigenvalue weighted by Crippen LogP contribution is 2.42. The van der Waals surface area contributed by atoms with Crippen LogP contribution in [0.3, 0.4) is 0 Å². The molecule has 1 saturated carbocycles. The number of thioether (sulfide) groups is 1. The van der Waals surface area contributed by atoms with E-state index in [-0.39, 0.29) is 0 Å². The number of hydrogen-bond acceptors (Lipinski definition) is 7. The molecule has 0 aromatic carbocycles. The Bertz CT molecular complexity index is 907. The molecule has 4 heterocycles. The number of thiophene rings is 1. The van der Waals surface area contributed by atoms with E-state index in [1.54, 1.807) is 23.1 Å². The Kier molecular flexibility index (Phi) is 4.69. The van der Waals surface area contributed by atoms with E-state index in [1.165, 1.54) is 32.1 Å². The van der Waals surface area contributed by atoms with Gasteiger partial charge in [-0.2, -0.15) is 0 Å².